The Balaban J connectivity index is 1.69. The fourth-order valence-corrected chi connectivity index (χ4v) is 3.49. The molecule has 0 aliphatic heterocycles. The SMILES string of the molecule is COc1ccc(C(=O)CNC(=O)c2c(-c3ccccc3)c(-c3ccccc3)n[nH]c2=O)cc1. The third-order valence-electron chi connectivity index (χ3n) is 5.14. The van der Waals surface area contributed by atoms with Crippen molar-refractivity contribution in [2.75, 3.05) is 13.7 Å². The summed E-state index contributed by atoms with van der Waals surface area (Å²) in [7, 11) is 1.54. The molecule has 2 N–H and O–H groups in total. The highest BCUT2D eigenvalue weighted by atomic mass is 16.5. The van der Waals surface area contributed by atoms with Crippen molar-refractivity contribution in [1.82, 2.24) is 15.5 Å². The molecule has 0 radical (unpaired) electrons. The first-order valence-electron chi connectivity index (χ1n) is 10.3. The Bertz CT molecular complexity index is 1330. The summed E-state index contributed by atoms with van der Waals surface area (Å²) in [6, 6.07) is 25.0. The molecule has 3 aromatic carbocycles. The summed E-state index contributed by atoms with van der Waals surface area (Å²) in [4.78, 5) is 38.4. The number of rotatable bonds is 7. The molecule has 0 aliphatic carbocycles. The second-order valence-electron chi connectivity index (χ2n) is 7.22. The maximum Gasteiger partial charge on any atom is 0.277 e. The van der Waals surface area contributed by atoms with E-state index in [9.17, 15) is 14.4 Å². The molecule has 0 atom stereocenters. The van der Waals surface area contributed by atoms with Gasteiger partial charge in [0.05, 0.1) is 19.3 Å². The maximum atomic E-state index is 13.1. The largest absolute Gasteiger partial charge is 0.497 e. The third kappa shape index (κ3) is 4.72. The van der Waals surface area contributed by atoms with Gasteiger partial charge in [-0.15, -0.1) is 0 Å². The van der Waals surface area contributed by atoms with Crippen molar-refractivity contribution in [3.05, 3.63) is 106 Å². The number of ketones is 1. The number of methoxy groups -OCH3 is 1. The van der Waals surface area contributed by atoms with Gasteiger partial charge in [0.15, 0.2) is 5.78 Å². The summed E-state index contributed by atoms with van der Waals surface area (Å²) in [5.74, 6) is -0.322. The van der Waals surface area contributed by atoms with Crippen molar-refractivity contribution in [2.45, 2.75) is 0 Å². The van der Waals surface area contributed by atoms with Gasteiger partial charge >= 0.3 is 0 Å². The zero-order valence-electron chi connectivity index (χ0n) is 17.9. The fraction of sp³-hybridized carbons (Fsp3) is 0.0769. The molecule has 1 aromatic heterocycles. The van der Waals surface area contributed by atoms with Crippen LogP contribution in [0.2, 0.25) is 0 Å². The van der Waals surface area contributed by atoms with E-state index >= 15 is 0 Å². The number of hydrogen-bond donors (Lipinski definition) is 2. The second-order valence-corrected chi connectivity index (χ2v) is 7.22. The summed E-state index contributed by atoms with van der Waals surface area (Å²) < 4.78 is 5.10. The lowest BCUT2D eigenvalue weighted by atomic mass is 9.95. The number of ether oxygens (including phenoxy) is 1. The van der Waals surface area contributed by atoms with E-state index < -0.39 is 11.5 Å². The van der Waals surface area contributed by atoms with Gasteiger partial charge in [0.2, 0.25) is 0 Å². The molecule has 1 amide bonds. The van der Waals surface area contributed by atoms with Crippen molar-refractivity contribution in [3.8, 4) is 28.1 Å². The topological polar surface area (TPSA) is 101 Å². The molecule has 7 heteroatoms. The van der Waals surface area contributed by atoms with Crippen LogP contribution < -0.4 is 15.6 Å². The normalized spacial score (nSPS) is 10.5. The third-order valence-corrected chi connectivity index (χ3v) is 5.14. The molecule has 0 saturated carbocycles. The lowest BCUT2D eigenvalue weighted by molar-refractivity contribution is 0.0903. The molecule has 1 heterocycles. The van der Waals surface area contributed by atoms with Crippen molar-refractivity contribution in [3.63, 3.8) is 0 Å². The average molecular weight is 439 g/mol. The number of amides is 1. The second kappa shape index (κ2) is 9.74. The van der Waals surface area contributed by atoms with E-state index in [2.05, 4.69) is 15.5 Å². The summed E-state index contributed by atoms with van der Waals surface area (Å²) in [6.07, 6.45) is 0. The fourth-order valence-electron chi connectivity index (χ4n) is 3.49. The first-order valence-corrected chi connectivity index (χ1v) is 10.3. The lowest BCUT2D eigenvalue weighted by Gasteiger charge is -2.14. The van der Waals surface area contributed by atoms with E-state index in [1.165, 1.54) is 7.11 Å². The van der Waals surface area contributed by atoms with Gasteiger partial charge in [-0.3, -0.25) is 14.4 Å². The summed E-state index contributed by atoms with van der Waals surface area (Å²) >= 11 is 0. The zero-order valence-corrected chi connectivity index (χ0v) is 17.9. The number of Topliss-reactive ketones (excluding diaryl/α,β-unsaturated/α-hetero) is 1. The van der Waals surface area contributed by atoms with Crippen LogP contribution in [0.25, 0.3) is 22.4 Å². The van der Waals surface area contributed by atoms with Crippen molar-refractivity contribution < 1.29 is 14.3 Å². The summed E-state index contributed by atoms with van der Waals surface area (Å²) in [5.41, 5.74) is 1.97. The first-order chi connectivity index (χ1) is 16.1. The molecule has 164 valence electrons. The van der Waals surface area contributed by atoms with Crippen LogP contribution in [0, 0.1) is 0 Å². The van der Waals surface area contributed by atoms with Gasteiger partial charge in [-0.1, -0.05) is 60.7 Å². The van der Waals surface area contributed by atoms with Crippen molar-refractivity contribution >= 4 is 11.7 Å². The van der Waals surface area contributed by atoms with Gasteiger partial charge < -0.3 is 10.1 Å². The van der Waals surface area contributed by atoms with Gasteiger partial charge in [-0.25, -0.2) is 5.10 Å². The molecular weight excluding hydrogens is 418 g/mol. The van der Waals surface area contributed by atoms with Gasteiger partial charge in [0, 0.05) is 16.7 Å². The maximum absolute atomic E-state index is 13.1. The van der Waals surface area contributed by atoms with Crippen LogP contribution in [0.4, 0.5) is 0 Å². The Morgan fingerprint density at radius 1 is 0.879 bits per heavy atom. The Hall–Kier alpha value is -4.52. The Labute approximate surface area is 190 Å². The van der Waals surface area contributed by atoms with E-state index in [-0.39, 0.29) is 17.9 Å². The van der Waals surface area contributed by atoms with Crippen LogP contribution in [0.3, 0.4) is 0 Å². The minimum Gasteiger partial charge on any atom is -0.497 e. The Morgan fingerprint density at radius 2 is 1.48 bits per heavy atom. The highest BCUT2D eigenvalue weighted by Crippen LogP contribution is 2.31. The van der Waals surface area contributed by atoms with Crippen LogP contribution >= 0.6 is 0 Å². The molecular formula is C26H21N3O4. The number of aromatic amines is 1. The van der Waals surface area contributed by atoms with Crippen molar-refractivity contribution in [2.24, 2.45) is 0 Å². The molecule has 0 bridgehead atoms. The van der Waals surface area contributed by atoms with E-state index in [4.69, 9.17) is 4.74 Å². The minimum absolute atomic E-state index is 0.0995. The van der Waals surface area contributed by atoms with Crippen LogP contribution in [0.5, 0.6) is 5.75 Å². The number of H-pyrrole nitrogens is 1. The highest BCUT2D eigenvalue weighted by Gasteiger charge is 2.23. The molecule has 0 aliphatic rings. The molecule has 0 unspecified atom stereocenters. The number of nitrogens with zero attached hydrogens (tertiary/aromatic N) is 1. The van der Waals surface area contributed by atoms with Crippen LogP contribution in [-0.4, -0.2) is 35.5 Å². The Kier molecular flexibility index (Phi) is 6.40. The van der Waals surface area contributed by atoms with E-state index in [1.54, 1.807) is 24.3 Å². The molecule has 4 rings (SSSR count). The monoisotopic (exact) mass is 439 g/mol. The number of carbonyl (C=O) groups is 2. The number of carbonyl (C=O) groups excluding carboxylic acids is 2. The minimum atomic E-state index is -0.656. The van der Waals surface area contributed by atoms with Crippen LogP contribution in [-0.2, 0) is 0 Å². The predicted octanol–water partition coefficient (Wildman–Crippen LogP) is 3.73. The van der Waals surface area contributed by atoms with E-state index in [0.29, 0.717) is 28.1 Å². The molecule has 33 heavy (non-hydrogen) atoms. The van der Waals surface area contributed by atoms with Gasteiger partial charge in [0.25, 0.3) is 11.5 Å². The smallest absolute Gasteiger partial charge is 0.277 e. The van der Waals surface area contributed by atoms with Crippen LogP contribution in [0.1, 0.15) is 20.7 Å². The standard InChI is InChI=1S/C26H21N3O4/c1-33-20-14-12-17(13-15-20)21(30)16-27-25(31)23-22(18-8-4-2-5-9-18)24(28-29-26(23)32)19-10-6-3-7-11-19/h2-15H,16H2,1H3,(H,27,31)(H,29,32). The zero-order chi connectivity index (χ0) is 23.2. The number of aromatic nitrogens is 2. The van der Waals surface area contributed by atoms with Gasteiger partial charge in [-0.2, -0.15) is 5.10 Å². The number of benzene rings is 3. The summed E-state index contributed by atoms with van der Waals surface area (Å²) in [5, 5.41) is 9.24. The number of nitrogens with one attached hydrogen (secondary N) is 2. The quantitative estimate of drug-likeness (QED) is 0.428. The van der Waals surface area contributed by atoms with Gasteiger partial charge in [-0.05, 0) is 29.8 Å². The van der Waals surface area contributed by atoms with E-state index in [0.717, 1.165) is 5.56 Å². The lowest BCUT2D eigenvalue weighted by Crippen LogP contribution is -2.34. The molecule has 0 spiro atoms. The predicted molar refractivity (Wildman–Crippen MR) is 125 cm³/mol. The molecule has 4 aromatic rings. The number of hydrogen-bond acceptors (Lipinski definition) is 5. The average Bonchev–Trinajstić information content (AvgIpc) is 2.88. The summed E-state index contributed by atoms with van der Waals surface area (Å²) in [6.45, 7) is -0.262. The van der Waals surface area contributed by atoms with Crippen LogP contribution in [0.15, 0.2) is 89.7 Å². The van der Waals surface area contributed by atoms with Gasteiger partial charge in [0.1, 0.15) is 11.3 Å². The first kappa shape index (κ1) is 21.7. The Morgan fingerprint density at radius 3 is 2.09 bits per heavy atom. The molecule has 7 nitrogen and oxygen atoms in total. The van der Waals surface area contributed by atoms with Crippen molar-refractivity contribution in [1.29, 1.82) is 0 Å². The molecule has 0 saturated heterocycles. The molecule has 0 fully saturated rings. The highest BCUT2D eigenvalue weighted by molar-refractivity contribution is 6.06. The van der Waals surface area contributed by atoms with E-state index in [1.807, 2.05) is 60.7 Å².